The van der Waals surface area contributed by atoms with E-state index in [9.17, 15) is 9.59 Å². The number of carboxylic acids is 2. The van der Waals surface area contributed by atoms with Crippen molar-refractivity contribution in [2.24, 2.45) is 0 Å². The van der Waals surface area contributed by atoms with Gasteiger partial charge in [-0.2, -0.15) is 9.59 Å². The lowest BCUT2D eigenvalue weighted by molar-refractivity contribution is -0.191. The Kier molecular flexibility index (Phi) is 9.89. The Morgan fingerprint density at radius 2 is 1.64 bits per heavy atom. The highest BCUT2D eigenvalue weighted by Gasteiger charge is 2.05. The predicted octanol–water partition coefficient (Wildman–Crippen LogP) is -1.11. The van der Waals surface area contributed by atoms with Gasteiger partial charge < -0.3 is 10.2 Å². The largest absolute Gasteiger partial charge is 0.481 e. The van der Waals surface area contributed by atoms with E-state index in [1.54, 1.807) is 7.05 Å². The molecule has 0 radical (unpaired) electrons. The molecule has 0 aliphatic heterocycles. The summed E-state index contributed by atoms with van der Waals surface area (Å²) in [6.45, 7) is 0.148. The molecule has 7 heteroatoms. The van der Waals surface area contributed by atoms with E-state index in [2.05, 4.69) is 0 Å². The molecule has 0 saturated carbocycles. The monoisotopic (exact) mass is 205 g/mol. The third-order valence-corrected chi connectivity index (χ3v) is 1.11. The Labute approximate surface area is 79.9 Å². The summed E-state index contributed by atoms with van der Waals surface area (Å²) in [6.07, 6.45) is 0.226. The van der Waals surface area contributed by atoms with Crippen molar-refractivity contribution in [1.82, 2.24) is 4.90 Å². The van der Waals surface area contributed by atoms with Crippen molar-refractivity contribution in [1.29, 1.82) is 0 Å². The lowest BCUT2D eigenvalue weighted by Gasteiger charge is -2.10. The van der Waals surface area contributed by atoms with Crippen LogP contribution in [-0.2, 0) is 19.2 Å². The number of hydrogen-bond donors (Lipinski definition) is 2. The molecule has 0 saturated heterocycles. The van der Waals surface area contributed by atoms with Crippen LogP contribution in [0.1, 0.15) is 6.42 Å². The second-order valence-corrected chi connectivity index (χ2v) is 2.36. The first-order valence-corrected chi connectivity index (χ1v) is 3.55. The molecule has 0 spiro atoms. The maximum Gasteiger partial charge on any atom is 0.373 e. The van der Waals surface area contributed by atoms with Crippen LogP contribution in [-0.4, -0.2) is 53.3 Å². The molecule has 0 atom stereocenters. The van der Waals surface area contributed by atoms with Crippen LogP contribution in [0, 0.1) is 0 Å². The van der Waals surface area contributed by atoms with Gasteiger partial charge in [0.25, 0.3) is 0 Å². The van der Waals surface area contributed by atoms with E-state index >= 15 is 0 Å². The summed E-state index contributed by atoms with van der Waals surface area (Å²) < 4.78 is 0. The van der Waals surface area contributed by atoms with Gasteiger partial charge in [-0.25, -0.2) is 0 Å². The Hall–Kier alpha value is -1.72. The van der Waals surface area contributed by atoms with E-state index in [4.69, 9.17) is 19.8 Å². The lowest BCUT2D eigenvalue weighted by atomic mass is 10.4. The van der Waals surface area contributed by atoms with Gasteiger partial charge in [0.05, 0.1) is 13.0 Å². The van der Waals surface area contributed by atoms with Gasteiger partial charge in [0.1, 0.15) is 0 Å². The summed E-state index contributed by atoms with van der Waals surface area (Å²) in [7, 11) is 1.57. The molecule has 7 nitrogen and oxygen atoms in total. The van der Waals surface area contributed by atoms with Crippen LogP contribution in [0.3, 0.4) is 0 Å². The molecule has 0 bridgehead atoms. The number of hydrogen-bond acceptors (Lipinski definition) is 5. The van der Waals surface area contributed by atoms with Crippen LogP contribution in [0.25, 0.3) is 0 Å². The van der Waals surface area contributed by atoms with Crippen LogP contribution in [0.2, 0.25) is 0 Å². The maximum atomic E-state index is 10.1. The molecule has 0 aliphatic carbocycles. The third kappa shape index (κ3) is 16.7. The molecule has 0 aromatic carbocycles. The average molecular weight is 205 g/mol. The van der Waals surface area contributed by atoms with Gasteiger partial charge in [0.2, 0.25) is 0 Å². The van der Waals surface area contributed by atoms with E-state index in [1.807, 2.05) is 0 Å². The first kappa shape index (κ1) is 14.8. The molecule has 0 aromatic heterocycles. The SMILES string of the molecule is CN(CCC(=O)O)CC(=O)O.O=C=O. The van der Waals surface area contributed by atoms with Gasteiger partial charge >= 0.3 is 18.1 Å². The maximum absolute atomic E-state index is 10.1. The first-order valence-electron chi connectivity index (χ1n) is 3.55. The zero-order valence-corrected chi connectivity index (χ0v) is 7.60. The summed E-state index contributed by atoms with van der Waals surface area (Å²) >= 11 is 0. The smallest absolute Gasteiger partial charge is 0.373 e. The van der Waals surface area contributed by atoms with Crippen LogP contribution in [0.15, 0.2) is 0 Å². The van der Waals surface area contributed by atoms with Crippen molar-refractivity contribution >= 4 is 18.1 Å². The number of likely N-dealkylation sites (N-methyl/N-ethyl adjacent to an activating group) is 1. The van der Waals surface area contributed by atoms with Gasteiger partial charge in [-0.05, 0) is 7.05 Å². The average Bonchev–Trinajstić information content (AvgIpc) is 2.01. The summed E-state index contributed by atoms with van der Waals surface area (Å²) in [5.41, 5.74) is 0. The Balaban J connectivity index is 0. The Morgan fingerprint density at radius 3 is 1.93 bits per heavy atom. The van der Waals surface area contributed by atoms with Crippen molar-refractivity contribution in [3.05, 3.63) is 0 Å². The first-order chi connectivity index (χ1) is 6.43. The van der Waals surface area contributed by atoms with Crippen molar-refractivity contribution in [3.63, 3.8) is 0 Å². The minimum Gasteiger partial charge on any atom is -0.481 e. The van der Waals surface area contributed by atoms with Crippen molar-refractivity contribution < 1.29 is 29.4 Å². The molecular formula is C7H11NO6. The van der Waals surface area contributed by atoms with E-state index in [1.165, 1.54) is 4.90 Å². The number of nitrogens with zero attached hydrogens (tertiary/aromatic N) is 1. The number of carboxylic acid groups (broad SMARTS) is 2. The fourth-order valence-corrected chi connectivity index (χ4v) is 0.596. The molecule has 0 amide bonds. The van der Waals surface area contributed by atoms with Gasteiger partial charge in [0, 0.05) is 6.54 Å². The number of aliphatic carboxylic acids is 2. The standard InChI is InChI=1S/C6H11NO4.CO2/c1-7(4-6(10)11)3-2-5(8)9;2-1-3/h2-4H2,1H3,(H,8,9)(H,10,11);. The molecule has 0 unspecified atom stereocenters. The second kappa shape index (κ2) is 9.37. The van der Waals surface area contributed by atoms with E-state index in [0.717, 1.165) is 0 Å². The molecule has 80 valence electrons. The summed E-state index contributed by atoms with van der Waals surface area (Å²) in [5.74, 6) is -1.86. The summed E-state index contributed by atoms with van der Waals surface area (Å²) in [4.78, 5) is 37.8. The quantitative estimate of drug-likeness (QED) is 0.585. The zero-order valence-electron chi connectivity index (χ0n) is 7.60. The van der Waals surface area contributed by atoms with E-state index in [0.29, 0.717) is 0 Å². The Bertz CT molecular complexity index is 220. The fraction of sp³-hybridized carbons (Fsp3) is 0.571. The van der Waals surface area contributed by atoms with E-state index in [-0.39, 0.29) is 25.7 Å². The molecule has 0 fully saturated rings. The third-order valence-electron chi connectivity index (χ3n) is 1.11. The van der Waals surface area contributed by atoms with Crippen molar-refractivity contribution in [2.45, 2.75) is 6.42 Å². The minimum atomic E-state index is -0.946. The van der Waals surface area contributed by atoms with Gasteiger partial charge in [-0.1, -0.05) is 0 Å². The van der Waals surface area contributed by atoms with Gasteiger partial charge in [0.15, 0.2) is 0 Å². The molecule has 0 aromatic rings. The van der Waals surface area contributed by atoms with Crippen LogP contribution < -0.4 is 0 Å². The van der Waals surface area contributed by atoms with Crippen LogP contribution in [0.5, 0.6) is 0 Å². The molecule has 0 heterocycles. The Morgan fingerprint density at radius 1 is 1.21 bits per heavy atom. The molecular weight excluding hydrogens is 194 g/mol. The van der Waals surface area contributed by atoms with Gasteiger partial charge in [-0.15, -0.1) is 0 Å². The van der Waals surface area contributed by atoms with Crippen molar-refractivity contribution in [2.75, 3.05) is 20.1 Å². The molecule has 2 N–H and O–H groups in total. The number of carbonyl (C=O) groups is 2. The van der Waals surface area contributed by atoms with Crippen molar-refractivity contribution in [3.8, 4) is 0 Å². The van der Waals surface area contributed by atoms with E-state index < -0.39 is 11.9 Å². The van der Waals surface area contributed by atoms with Gasteiger partial charge in [-0.3, -0.25) is 14.5 Å². The minimum absolute atomic E-state index is 0.0240. The summed E-state index contributed by atoms with van der Waals surface area (Å²) in [5, 5.41) is 16.5. The lowest BCUT2D eigenvalue weighted by Crippen LogP contribution is -2.27. The summed E-state index contributed by atoms with van der Waals surface area (Å²) in [6, 6.07) is 0. The highest BCUT2D eigenvalue weighted by molar-refractivity contribution is 5.69. The molecule has 14 heavy (non-hydrogen) atoms. The zero-order chi connectivity index (χ0) is 11.6. The highest BCUT2D eigenvalue weighted by atomic mass is 16.4. The topological polar surface area (TPSA) is 112 Å². The highest BCUT2D eigenvalue weighted by Crippen LogP contribution is 1.86. The number of carbonyl (C=O) groups excluding carboxylic acids is 2. The van der Waals surface area contributed by atoms with Crippen LogP contribution >= 0.6 is 0 Å². The molecule has 0 rings (SSSR count). The number of rotatable bonds is 5. The second-order valence-electron chi connectivity index (χ2n) is 2.36. The predicted molar refractivity (Wildman–Crippen MR) is 42.4 cm³/mol. The normalized spacial score (nSPS) is 8.43. The fourth-order valence-electron chi connectivity index (χ4n) is 0.596. The molecule has 0 aliphatic rings. The van der Waals surface area contributed by atoms with Crippen LogP contribution in [0.4, 0.5) is 0 Å².